The molecule has 6 heteroatoms. The first-order chi connectivity index (χ1) is 9.11. The number of hydrogen-bond donors (Lipinski definition) is 2. The summed E-state index contributed by atoms with van der Waals surface area (Å²) in [5.41, 5.74) is 1.91. The number of aromatic amines is 1. The predicted molar refractivity (Wildman–Crippen MR) is 73.7 cm³/mol. The third-order valence-electron chi connectivity index (χ3n) is 2.65. The predicted octanol–water partition coefficient (Wildman–Crippen LogP) is 2.86. The maximum atomic E-state index is 5.75. The molecule has 0 bridgehead atoms. The van der Waals surface area contributed by atoms with E-state index in [9.17, 15) is 0 Å². The number of hydrogen-bond acceptors (Lipinski definition) is 5. The van der Waals surface area contributed by atoms with E-state index in [0.29, 0.717) is 11.8 Å². The van der Waals surface area contributed by atoms with Crippen LogP contribution in [0.3, 0.4) is 0 Å². The molecule has 0 aromatic carbocycles. The smallest absolute Gasteiger partial charge is 0.240 e. The Labute approximate surface area is 112 Å². The van der Waals surface area contributed by atoms with Crippen molar-refractivity contribution in [3.05, 3.63) is 23.7 Å². The number of H-pyrrole nitrogens is 1. The Bertz CT molecular complexity index is 550. The first-order valence-corrected chi connectivity index (χ1v) is 6.40. The number of aromatic nitrogens is 4. The fourth-order valence-corrected chi connectivity index (χ4v) is 1.83. The Kier molecular flexibility index (Phi) is 3.99. The second kappa shape index (κ2) is 5.69. The van der Waals surface area contributed by atoms with E-state index in [-0.39, 0.29) is 5.92 Å². The molecule has 6 nitrogen and oxygen atoms in total. The Balaban J connectivity index is 2.35. The largest absolute Gasteiger partial charge is 0.419 e. The highest BCUT2D eigenvalue weighted by Gasteiger charge is 2.17. The number of nitrogens with one attached hydrogen (secondary N) is 2. The van der Waals surface area contributed by atoms with Gasteiger partial charge in [0, 0.05) is 18.3 Å². The molecule has 19 heavy (non-hydrogen) atoms. The molecule has 2 heterocycles. The molecule has 0 unspecified atom stereocenters. The van der Waals surface area contributed by atoms with Gasteiger partial charge in [0.25, 0.3) is 0 Å². The van der Waals surface area contributed by atoms with Crippen LogP contribution in [0.4, 0.5) is 5.82 Å². The first-order valence-electron chi connectivity index (χ1n) is 6.40. The van der Waals surface area contributed by atoms with Crippen LogP contribution < -0.4 is 10.1 Å². The summed E-state index contributed by atoms with van der Waals surface area (Å²) in [4.78, 5) is 8.49. The molecule has 2 aromatic rings. The van der Waals surface area contributed by atoms with Gasteiger partial charge in [0.2, 0.25) is 11.8 Å². The van der Waals surface area contributed by atoms with Gasteiger partial charge >= 0.3 is 0 Å². The van der Waals surface area contributed by atoms with Gasteiger partial charge in [-0.25, -0.2) is 9.97 Å². The van der Waals surface area contributed by atoms with Crippen molar-refractivity contribution in [2.75, 3.05) is 11.9 Å². The van der Waals surface area contributed by atoms with Crippen LogP contribution in [0.1, 0.15) is 37.9 Å². The zero-order chi connectivity index (χ0) is 13.8. The van der Waals surface area contributed by atoms with Crippen molar-refractivity contribution in [2.24, 2.45) is 0 Å². The standard InChI is InChI=1S/C13H19N5O/c1-5-14-12-11(8(2)3)13(16-7-15-12)19-10-6-9(4)17-18-10/h6-8H,5H2,1-4H3,(H,17,18)(H,14,15,16). The summed E-state index contributed by atoms with van der Waals surface area (Å²) >= 11 is 0. The van der Waals surface area contributed by atoms with Gasteiger partial charge in [0.05, 0.1) is 5.56 Å². The van der Waals surface area contributed by atoms with Gasteiger partial charge in [-0.2, -0.15) is 0 Å². The molecule has 0 radical (unpaired) electrons. The monoisotopic (exact) mass is 261 g/mol. The average Bonchev–Trinajstić information content (AvgIpc) is 2.75. The van der Waals surface area contributed by atoms with Gasteiger partial charge < -0.3 is 10.1 Å². The molecular formula is C13H19N5O. The van der Waals surface area contributed by atoms with Crippen LogP contribution >= 0.6 is 0 Å². The molecule has 0 aliphatic rings. The van der Waals surface area contributed by atoms with Gasteiger partial charge in [-0.1, -0.05) is 13.8 Å². The summed E-state index contributed by atoms with van der Waals surface area (Å²) in [6.07, 6.45) is 1.50. The van der Waals surface area contributed by atoms with Crippen LogP contribution in [-0.2, 0) is 0 Å². The Morgan fingerprint density at radius 2 is 2.16 bits per heavy atom. The fourth-order valence-electron chi connectivity index (χ4n) is 1.83. The summed E-state index contributed by atoms with van der Waals surface area (Å²) in [6.45, 7) is 8.93. The minimum Gasteiger partial charge on any atom is -0.419 e. The normalized spacial score (nSPS) is 10.8. The van der Waals surface area contributed by atoms with Crippen molar-refractivity contribution in [3.8, 4) is 11.8 Å². The lowest BCUT2D eigenvalue weighted by Gasteiger charge is -2.15. The summed E-state index contributed by atoms with van der Waals surface area (Å²) in [5.74, 6) is 2.13. The van der Waals surface area contributed by atoms with E-state index in [4.69, 9.17) is 4.74 Å². The van der Waals surface area contributed by atoms with Crippen molar-refractivity contribution in [2.45, 2.75) is 33.6 Å². The third kappa shape index (κ3) is 3.01. The van der Waals surface area contributed by atoms with Crippen LogP contribution in [0.25, 0.3) is 0 Å². The third-order valence-corrected chi connectivity index (χ3v) is 2.65. The van der Waals surface area contributed by atoms with Crippen LogP contribution in [0, 0.1) is 6.92 Å². The van der Waals surface area contributed by atoms with Gasteiger partial charge in [0.15, 0.2) is 0 Å². The van der Waals surface area contributed by atoms with Crippen molar-refractivity contribution < 1.29 is 4.74 Å². The lowest BCUT2D eigenvalue weighted by atomic mass is 10.1. The minimum atomic E-state index is 0.255. The van der Waals surface area contributed by atoms with Crippen LogP contribution in [0.2, 0.25) is 0 Å². The van der Waals surface area contributed by atoms with Crippen molar-refractivity contribution in [1.29, 1.82) is 0 Å². The Morgan fingerprint density at radius 3 is 2.74 bits per heavy atom. The highest BCUT2D eigenvalue weighted by Crippen LogP contribution is 2.32. The zero-order valence-electron chi connectivity index (χ0n) is 11.7. The van der Waals surface area contributed by atoms with E-state index < -0.39 is 0 Å². The molecule has 0 fully saturated rings. The minimum absolute atomic E-state index is 0.255. The van der Waals surface area contributed by atoms with Gasteiger partial charge in [-0.3, -0.25) is 5.10 Å². The van der Waals surface area contributed by atoms with Crippen molar-refractivity contribution in [1.82, 2.24) is 20.2 Å². The molecule has 0 aliphatic carbocycles. The van der Waals surface area contributed by atoms with E-state index >= 15 is 0 Å². The van der Waals surface area contributed by atoms with Crippen molar-refractivity contribution in [3.63, 3.8) is 0 Å². The molecule has 0 amide bonds. The summed E-state index contributed by atoms with van der Waals surface area (Å²) in [6, 6.07) is 1.83. The van der Waals surface area contributed by atoms with E-state index in [0.717, 1.165) is 23.6 Å². The quantitative estimate of drug-likeness (QED) is 0.865. The molecule has 2 aromatic heterocycles. The van der Waals surface area contributed by atoms with Gasteiger partial charge in [-0.15, -0.1) is 5.10 Å². The molecule has 0 aliphatic heterocycles. The van der Waals surface area contributed by atoms with Crippen LogP contribution in [-0.4, -0.2) is 26.7 Å². The zero-order valence-corrected chi connectivity index (χ0v) is 11.7. The molecule has 2 N–H and O–H groups in total. The fraction of sp³-hybridized carbons (Fsp3) is 0.462. The number of aryl methyl sites for hydroxylation is 1. The molecule has 2 rings (SSSR count). The first kappa shape index (κ1) is 13.3. The second-order valence-corrected chi connectivity index (χ2v) is 4.62. The Morgan fingerprint density at radius 1 is 1.37 bits per heavy atom. The molecule has 0 saturated carbocycles. The van der Waals surface area contributed by atoms with Crippen LogP contribution in [0.5, 0.6) is 11.8 Å². The number of rotatable bonds is 5. The number of anilines is 1. The molecule has 0 saturated heterocycles. The number of ether oxygens (including phenoxy) is 1. The highest BCUT2D eigenvalue weighted by atomic mass is 16.5. The number of nitrogens with zero attached hydrogens (tertiary/aromatic N) is 3. The lowest BCUT2D eigenvalue weighted by Crippen LogP contribution is -2.07. The molecule has 102 valence electrons. The second-order valence-electron chi connectivity index (χ2n) is 4.62. The van der Waals surface area contributed by atoms with Gasteiger partial charge in [-0.05, 0) is 19.8 Å². The lowest BCUT2D eigenvalue weighted by molar-refractivity contribution is 0.433. The summed E-state index contributed by atoms with van der Waals surface area (Å²) < 4.78 is 5.75. The van der Waals surface area contributed by atoms with E-state index in [2.05, 4.69) is 39.3 Å². The maximum Gasteiger partial charge on any atom is 0.240 e. The van der Waals surface area contributed by atoms with E-state index in [1.807, 2.05) is 19.9 Å². The average molecular weight is 261 g/mol. The van der Waals surface area contributed by atoms with Crippen LogP contribution in [0.15, 0.2) is 12.4 Å². The topological polar surface area (TPSA) is 75.7 Å². The molecule has 0 atom stereocenters. The van der Waals surface area contributed by atoms with E-state index in [1.165, 1.54) is 6.33 Å². The highest BCUT2D eigenvalue weighted by molar-refractivity contribution is 5.51. The summed E-state index contributed by atoms with van der Waals surface area (Å²) in [7, 11) is 0. The van der Waals surface area contributed by atoms with Gasteiger partial charge in [0.1, 0.15) is 12.1 Å². The van der Waals surface area contributed by atoms with E-state index in [1.54, 1.807) is 0 Å². The SMILES string of the molecule is CCNc1ncnc(Oc2cc(C)[nH]n2)c1C(C)C. The Hall–Kier alpha value is -2.11. The van der Waals surface area contributed by atoms with Crippen molar-refractivity contribution >= 4 is 5.82 Å². The molecule has 0 spiro atoms. The summed E-state index contributed by atoms with van der Waals surface area (Å²) in [5, 5.41) is 10.1. The molecular weight excluding hydrogens is 242 g/mol. The maximum absolute atomic E-state index is 5.75.